The maximum Gasteiger partial charge on any atom is 0.673 e. The first-order valence-corrected chi connectivity index (χ1v) is 3.12. The Hall–Kier alpha value is -1.58. The summed E-state index contributed by atoms with van der Waals surface area (Å²) < 4.78 is 39.0. The fourth-order valence-electron chi connectivity index (χ4n) is 0.445. The molecule has 0 aliphatic carbocycles. The highest BCUT2D eigenvalue weighted by Crippen LogP contribution is 2.07. The summed E-state index contributed by atoms with van der Waals surface area (Å²) in [6.45, 7) is 0. The maximum atomic E-state index is 9.75. The Morgan fingerprint density at radius 3 is 1.77 bits per heavy atom. The number of nitrogens with zero attached hydrogens (tertiary/aromatic N) is 2. The van der Waals surface area contributed by atoms with Gasteiger partial charge in [-0.15, -0.1) is 0 Å². The van der Waals surface area contributed by atoms with Gasteiger partial charge >= 0.3 is 12.9 Å². The Balaban J connectivity index is 0.000000252. The summed E-state index contributed by atoms with van der Waals surface area (Å²) in [5.41, 5.74) is 0.559. The van der Waals surface area contributed by atoms with E-state index >= 15 is 0 Å². The van der Waals surface area contributed by atoms with Crippen LogP contribution in [0, 0.1) is 11.5 Å². The van der Waals surface area contributed by atoms with E-state index in [4.69, 9.17) is 5.39 Å². The summed E-state index contributed by atoms with van der Waals surface area (Å²) in [5.74, 6) is 0. The van der Waals surface area contributed by atoms with Crippen molar-refractivity contribution in [2.24, 2.45) is 0 Å². The predicted octanol–water partition coefficient (Wildman–Crippen LogP) is 3.27. The van der Waals surface area contributed by atoms with Crippen molar-refractivity contribution in [1.82, 2.24) is 0 Å². The third-order valence-electron chi connectivity index (χ3n) is 0.816. The Morgan fingerprint density at radius 1 is 1.15 bits per heavy atom. The second kappa shape index (κ2) is 5.14. The molecule has 0 atom stereocenters. The zero-order chi connectivity index (χ0) is 10.3. The first-order valence-electron chi connectivity index (χ1n) is 3.12. The van der Waals surface area contributed by atoms with Gasteiger partial charge in [-0.2, -0.15) is 0 Å². The number of halogens is 4. The average molecular weight is 191 g/mol. The summed E-state index contributed by atoms with van der Waals surface area (Å²) in [6.07, 6.45) is 0. The first-order chi connectivity index (χ1) is 5.93. The summed E-state index contributed by atoms with van der Waals surface area (Å²) in [7, 11) is -6.00. The van der Waals surface area contributed by atoms with Gasteiger partial charge < -0.3 is 17.3 Å². The highest BCUT2D eigenvalue weighted by atomic mass is 19.5. The second-order valence-corrected chi connectivity index (χ2v) is 1.85. The molecule has 0 unspecified atom stereocenters. The predicted molar refractivity (Wildman–Crippen MR) is 40.2 cm³/mol. The van der Waals surface area contributed by atoms with Crippen LogP contribution in [0.4, 0.5) is 23.0 Å². The van der Waals surface area contributed by atoms with Gasteiger partial charge in [0.25, 0.3) is 0 Å². The average Bonchev–Trinajstić information content (AvgIpc) is 2.03. The van der Waals surface area contributed by atoms with E-state index in [1.807, 2.05) is 0 Å². The zero-order valence-electron chi connectivity index (χ0n) is 6.29. The van der Waals surface area contributed by atoms with E-state index < -0.39 is 7.25 Å². The van der Waals surface area contributed by atoms with Crippen LogP contribution in [0.1, 0.15) is 0 Å². The van der Waals surface area contributed by atoms with Crippen molar-refractivity contribution in [1.29, 1.82) is 5.39 Å². The van der Waals surface area contributed by atoms with Crippen molar-refractivity contribution >= 4 is 12.9 Å². The molecule has 69 valence electrons. The van der Waals surface area contributed by atoms with Gasteiger partial charge in [-0.05, 0) is 18.2 Å². The van der Waals surface area contributed by atoms with E-state index in [1.54, 1.807) is 24.3 Å². The molecule has 0 saturated heterocycles. The monoisotopic (exact) mass is 191 g/mol. The van der Waals surface area contributed by atoms with Crippen molar-refractivity contribution in [3.05, 3.63) is 35.3 Å². The van der Waals surface area contributed by atoms with Crippen LogP contribution in [0.5, 0.6) is 0 Å². The second-order valence-electron chi connectivity index (χ2n) is 1.85. The molecule has 0 spiro atoms. The summed E-state index contributed by atoms with van der Waals surface area (Å²) in [5, 5.41) is 8.15. The van der Waals surface area contributed by atoms with Gasteiger partial charge in [0.2, 0.25) is 5.39 Å². The molecule has 0 N–H and O–H groups in total. The Labute approximate surface area is 71.9 Å². The van der Waals surface area contributed by atoms with E-state index in [0.717, 1.165) is 0 Å². The topological polar surface area (TPSA) is 28.1 Å². The van der Waals surface area contributed by atoms with Crippen molar-refractivity contribution in [3.63, 3.8) is 0 Å². The minimum atomic E-state index is -6.00. The largest absolute Gasteiger partial charge is 0.673 e. The third-order valence-corrected chi connectivity index (χ3v) is 0.816. The quantitative estimate of drug-likeness (QED) is 0.351. The molecule has 0 amide bonds. The zero-order valence-corrected chi connectivity index (χ0v) is 6.29. The lowest BCUT2D eigenvalue weighted by Crippen LogP contribution is -2.02. The number of rotatable bonds is 0. The SMILES string of the molecule is F[B-](F)(F)F.N#[N+]c1cc[c]cc1. The number of diazo groups is 1. The minimum Gasteiger partial charge on any atom is -0.418 e. The van der Waals surface area contributed by atoms with Crippen molar-refractivity contribution < 1.29 is 17.3 Å². The lowest BCUT2D eigenvalue weighted by molar-refractivity contribution is 0.368. The number of hydrogen-bond acceptors (Lipinski definition) is 1. The van der Waals surface area contributed by atoms with Gasteiger partial charge in [0.15, 0.2) is 4.98 Å². The van der Waals surface area contributed by atoms with E-state index in [2.05, 4.69) is 11.0 Å². The number of hydrogen-bond donors (Lipinski definition) is 0. The molecule has 13 heavy (non-hydrogen) atoms. The van der Waals surface area contributed by atoms with Crippen LogP contribution in [0.2, 0.25) is 0 Å². The molecular formula is C6H4BF4N2. The molecule has 1 rings (SSSR count). The van der Waals surface area contributed by atoms with Gasteiger partial charge in [0, 0.05) is 12.1 Å². The molecule has 1 aromatic rings. The summed E-state index contributed by atoms with van der Waals surface area (Å²) in [4.78, 5) is 2.95. The van der Waals surface area contributed by atoms with Gasteiger partial charge in [-0.3, -0.25) is 0 Å². The standard InChI is InChI=1S/C6H4N2.BF4/c7-8-6-4-2-1-3-5-6;2-1(3,4)5/h2-5H;/q+1;-1. The van der Waals surface area contributed by atoms with Crippen molar-refractivity contribution in [2.75, 3.05) is 0 Å². The lowest BCUT2D eigenvalue weighted by atomic mass is 10.3. The molecule has 0 fully saturated rings. The normalized spacial score (nSPS) is 9.46. The fourth-order valence-corrected chi connectivity index (χ4v) is 0.445. The van der Waals surface area contributed by atoms with Gasteiger partial charge in [-0.25, -0.2) is 0 Å². The highest BCUT2D eigenvalue weighted by molar-refractivity contribution is 6.50. The van der Waals surface area contributed by atoms with Crippen LogP contribution in [0.3, 0.4) is 0 Å². The van der Waals surface area contributed by atoms with E-state index in [-0.39, 0.29) is 0 Å². The molecule has 7 heteroatoms. The van der Waals surface area contributed by atoms with Crippen LogP contribution in [-0.2, 0) is 0 Å². The Morgan fingerprint density at radius 2 is 1.54 bits per heavy atom. The summed E-state index contributed by atoms with van der Waals surface area (Å²) >= 11 is 0. The maximum absolute atomic E-state index is 9.75. The van der Waals surface area contributed by atoms with E-state index in [9.17, 15) is 17.3 Å². The lowest BCUT2D eigenvalue weighted by Gasteiger charge is -1.94. The molecular weight excluding hydrogens is 187 g/mol. The minimum absolute atomic E-state index is 0.559. The molecule has 0 aliphatic heterocycles. The van der Waals surface area contributed by atoms with E-state index in [1.165, 1.54) is 0 Å². The molecule has 0 bridgehead atoms. The molecule has 2 nitrogen and oxygen atoms in total. The van der Waals surface area contributed by atoms with Crippen molar-refractivity contribution in [2.45, 2.75) is 0 Å². The van der Waals surface area contributed by atoms with Crippen LogP contribution in [0.25, 0.3) is 4.98 Å². The molecule has 1 radical (unpaired) electrons. The van der Waals surface area contributed by atoms with Gasteiger partial charge in [0.1, 0.15) is 0 Å². The van der Waals surface area contributed by atoms with Crippen LogP contribution < -0.4 is 0 Å². The fraction of sp³-hybridized carbons (Fsp3) is 0. The molecule has 0 heterocycles. The van der Waals surface area contributed by atoms with Crippen LogP contribution >= 0.6 is 0 Å². The molecule has 1 aromatic carbocycles. The number of benzene rings is 1. The van der Waals surface area contributed by atoms with Crippen molar-refractivity contribution in [3.8, 4) is 0 Å². The van der Waals surface area contributed by atoms with Crippen LogP contribution in [-0.4, -0.2) is 7.25 Å². The third kappa shape index (κ3) is 10.4. The van der Waals surface area contributed by atoms with E-state index in [0.29, 0.717) is 5.69 Å². The first kappa shape index (κ1) is 11.4. The van der Waals surface area contributed by atoms with Gasteiger partial charge in [-0.1, -0.05) is 0 Å². The Bertz CT molecular complexity index is 273. The van der Waals surface area contributed by atoms with Gasteiger partial charge in [0.05, 0.1) is 0 Å². The molecule has 0 aromatic heterocycles. The summed E-state index contributed by atoms with van der Waals surface area (Å²) in [6, 6.07) is 9.51. The highest BCUT2D eigenvalue weighted by Gasteiger charge is 2.20. The molecule has 0 saturated carbocycles. The molecule has 0 aliphatic rings. The van der Waals surface area contributed by atoms with Crippen LogP contribution in [0.15, 0.2) is 24.3 Å². The smallest absolute Gasteiger partial charge is 0.418 e. The Kier molecular flexibility index (Phi) is 4.52.